The van der Waals surface area contributed by atoms with Crippen molar-refractivity contribution in [3.8, 4) is 0 Å². The van der Waals surface area contributed by atoms with Crippen molar-refractivity contribution in [1.29, 1.82) is 0 Å². The van der Waals surface area contributed by atoms with Crippen molar-refractivity contribution in [3.05, 3.63) is 30.1 Å². The lowest BCUT2D eigenvalue weighted by Crippen LogP contribution is -2.49. The van der Waals surface area contributed by atoms with E-state index in [2.05, 4.69) is 5.32 Å². The minimum Gasteiger partial charge on any atom is -0.480 e. The standard InChI is InChI=1S/C13H18FNO2S/c1-3-13(2,12(16)17)15-8-9-18-11-7-5-4-6-10(11)14/h4-7,15H,3,8-9H2,1-2H3,(H,16,17). The van der Waals surface area contributed by atoms with Crippen LogP contribution in [0.4, 0.5) is 4.39 Å². The number of nitrogens with one attached hydrogen (secondary N) is 1. The second-order valence-corrected chi connectivity index (χ2v) is 5.33. The Bertz CT molecular complexity index is 414. The van der Waals surface area contributed by atoms with E-state index >= 15 is 0 Å². The molecule has 0 saturated heterocycles. The molecule has 1 aromatic rings. The second kappa shape index (κ2) is 6.75. The number of carboxylic acid groups (broad SMARTS) is 1. The van der Waals surface area contributed by atoms with Gasteiger partial charge in [-0.3, -0.25) is 4.79 Å². The Morgan fingerprint density at radius 3 is 2.72 bits per heavy atom. The van der Waals surface area contributed by atoms with Gasteiger partial charge in [-0.15, -0.1) is 11.8 Å². The predicted octanol–water partition coefficient (Wildman–Crippen LogP) is 2.76. The number of carbonyl (C=O) groups is 1. The topological polar surface area (TPSA) is 49.3 Å². The molecule has 1 atom stereocenters. The average molecular weight is 271 g/mol. The van der Waals surface area contributed by atoms with Gasteiger partial charge in [0, 0.05) is 17.2 Å². The molecule has 0 amide bonds. The van der Waals surface area contributed by atoms with Crippen LogP contribution in [0.25, 0.3) is 0 Å². The second-order valence-electron chi connectivity index (χ2n) is 4.20. The molecule has 2 N–H and O–H groups in total. The molecule has 1 rings (SSSR count). The van der Waals surface area contributed by atoms with E-state index in [1.165, 1.54) is 17.8 Å². The van der Waals surface area contributed by atoms with Gasteiger partial charge in [0.1, 0.15) is 11.4 Å². The van der Waals surface area contributed by atoms with Crippen molar-refractivity contribution in [1.82, 2.24) is 5.32 Å². The van der Waals surface area contributed by atoms with Crippen LogP contribution in [0.15, 0.2) is 29.2 Å². The fraction of sp³-hybridized carbons (Fsp3) is 0.462. The fourth-order valence-corrected chi connectivity index (χ4v) is 2.21. The average Bonchev–Trinajstić information content (AvgIpc) is 2.36. The maximum Gasteiger partial charge on any atom is 0.323 e. The minimum absolute atomic E-state index is 0.237. The summed E-state index contributed by atoms with van der Waals surface area (Å²) in [5.41, 5.74) is -0.907. The van der Waals surface area contributed by atoms with Crippen LogP contribution in [0.2, 0.25) is 0 Å². The van der Waals surface area contributed by atoms with Crippen LogP contribution in [0.1, 0.15) is 20.3 Å². The summed E-state index contributed by atoms with van der Waals surface area (Å²) >= 11 is 1.38. The monoisotopic (exact) mass is 271 g/mol. The molecule has 0 aliphatic heterocycles. The number of hydrogen-bond acceptors (Lipinski definition) is 3. The molecule has 0 aliphatic rings. The smallest absolute Gasteiger partial charge is 0.323 e. The largest absolute Gasteiger partial charge is 0.480 e. The summed E-state index contributed by atoms with van der Waals surface area (Å²) in [6.45, 7) is 4.00. The molecule has 3 nitrogen and oxygen atoms in total. The molecule has 0 radical (unpaired) electrons. The third-order valence-corrected chi connectivity index (χ3v) is 3.94. The highest BCUT2D eigenvalue weighted by molar-refractivity contribution is 7.99. The molecule has 100 valence electrons. The lowest BCUT2D eigenvalue weighted by molar-refractivity contribution is -0.144. The maximum absolute atomic E-state index is 13.3. The van der Waals surface area contributed by atoms with Gasteiger partial charge in [-0.05, 0) is 25.5 Å². The van der Waals surface area contributed by atoms with Gasteiger partial charge in [0.05, 0.1) is 0 Å². The molecule has 1 unspecified atom stereocenters. The number of rotatable bonds is 7. The van der Waals surface area contributed by atoms with Crippen LogP contribution >= 0.6 is 11.8 Å². The summed E-state index contributed by atoms with van der Waals surface area (Å²) < 4.78 is 13.3. The van der Waals surface area contributed by atoms with Crippen LogP contribution in [0.5, 0.6) is 0 Å². The van der Waals surface area contributed by atoms with Gasteiger partial charge < -0.3 is 10.4 Å². The first kappa shape index (κ1) is 15.0. The van der Waals surface area contributed by atoms with Crippen molar-refractivity contribution < 1.29 is 14.3 Å². The zero-order valence-corrected chi connectivity index (χ0v) is 11.4. The van der Waals surface area contributed by atoms with E-state index in [4.69, 9.17) is 5.11 Å². The van der Waals surface area contributed by atoms with Gasteiger partial charge in [0.15, 0.2) is 0 Å². The Kier molecular flexibility index (Phi) is 5.62. The van der Waals surface area contributed by atoms with E-state index in [0.717, 1.165) is 0 Å². The summed E-state index contributed by atoms with van der Waals surface area (Å²) in [7, 11) is 0. The number of benzene rings is 1. The highest BCUT2D eigenvalue weighted by Crippen LogP contribution is 2.20. The van der Waals surface area contributed by atoms with Crippen LogP contribution in [-0.2, 0) is 4.79 Å². The molecule has 0 aromatic heterocycles. The highest BCUT2D eigenvalue weighted by Gasteiger charge is 2.29. The first-order valence-electron chi connectivity index (χ1n) is 5.85. The molecule has 0 saturated carbocycles. The summed E-state index contributed by atoms with van der Waals surface area (Å²) in [4.78, 5) is 11.6. The van der Waals surface area contributed by atoms with Crippen molar-refractivity contribution in [2.75, 3.05) is 12.3 Å². The molecule has 0 aliphatic carbocycles. The van der Waals surface area contributed by atoms with Gasteiger partial charge in [-0.25, -0.2) is 4.39 Å². The number of aliphatic carboxylic acids is 1. The third-order valence-electron chi connectivity index (χ3n) is 2.89. The maximum atomic E-state index is 13.3. The summed E-state index contributed by atoms with van der Waals surface area (Å²) in [6.07, 6.45) is 0.507. The first-order valence-corrected chi connectivity index (χ1v) is 6.84. The van der Waals surface area contributed by atoms with E-state index in [0.29, 0.717) is 23.6 Å². The lowest BCUT2D eigenvalue weighted by Gasteiger charge is -2.24. The van der Waals surface area contributed by atoms with Crippen molar-refractivity contribution >= 4 is 17.7 Å². The van der Waals surface area contributed by atoms with Gasteiger partial charge in [0.25, 0.3) is 0 Å². The Morgan fingerprint density at radius 1 is 1.50 bits per heavy atom. The Labute approximate surface area is 111 Å². The molecular formula is C13H18FNO2S. The van der Waals surface area contributed by atoms with Crippen molar-refractivity contribution in [2.24, 2.45) is 0 Å². The van der Waals surface area contributed by atoms with Gasteiger partial charge in [0.2, 0.25) is 0 Å². The summed E-state index contributed by atoms with van der Waals surface area (Å²) in [5.74, 6) is -0.469. The number of halogens is 1. The number of thioether (sulfide) groups is 1. The fourth-order valence-electron chi connectivity index (χ4n) is 1.40. The first-order chi connectivity index (χ1) is 8.49. The van der Waals surface area contributed by atoms with E-state index in [1.807, 2.05) is 6.92 Å². The summed E-state index contributed by atoms with van der Waals surface area (Å²) in [5, 5.41) is 12.1. The molecule has 0 spiro atoms. The molecule has 0 fully saturated rings. The van der Waals surface area contributed by atoms with E-state index in [-0.39, 0.29) is 5.82 Å². The molecule has 1 aromatic carbocycles. The Balaban J connectivity index is 2.39. The molecule has 0 heterocycles. The lowest BCUT2D eigenvalue weighted by atomic mass is 9.99. The zero-order chi connectivity index (χ0) is 13.6. The van der Waals surface area contributed by atoms with Crippen molar-refractivity contribution in [2.45, 2.75) is 30.7 Å². The normalized spacial score (nSPS) is 14.2. The third kappa shape index (κ3) is 3.99. The minimum atomic E-state index is -0.907. The van der Waals surface area contributed by atoms with Gasteiger partial charge >= 0.3 is 5.97 Å². The highest BCUT2D eigenvalue weighted by atomic mass is 32.2. The number of hydrogen-bond donors (Lipinski definition) is 2. The van der Waals surface area contributed by atoms with E-state index in [9.17, 15) is 9.18 Å². The Hall–Kier alpha value is -1.07. The van der Waals surface area contributed by atoms with Crippen LogP contribution in [0, 0.1) is 5.82 Å². The molecular weight excluding hydrogens is 253 g/mol. The van der Waals surface area contributed by atoms with E-state index in [1.54, 1.807) is 25.1 Å². The predicted molar refractivity (Wildman–Crippen MR) is 71.5 cm³/mol. The summed E-state index contributed by atoms with van der Waals surface area (Å²) in [6, 6.07) is 6.57. The molecule has 18 heavy (non-hydrogen) atoms. The Morgan fingerprint density at radius 2 is 2.17 bits per heavy atom. The molecule has 0 bridgehead atoms. The molecule has 5 heteroatoms. The van der Waals surface area contributed by atoms with Gasteiger partial charge in [-0.1, -0.05) is 19.1 Å². The van der Waals surface area contributed by atoms with Crippen molar-refractivity contribution in [3.63, 3.8) is 0 Å². The van der Waals surface area contributed by atoms with Crippen LogP contribution in [0.3, 0.4) is 0 Å². The quantitative estimate of drug-likeness (QED) is 0.591. The van der Waals surface area contributed by atoms with Crippen LogP contribution < -0.4 is 5.32 Å². The van der Waals surface area contributed by atoms with E-state index < -0.39 is 11.5 Å². The zero-order valence-electron chi connectivity index (χ0n) is 10.6. The van der Waals surface area contributed by atoms with Gasteiger partial charge in [-0.2, -0.15) is 0 Å². The SMILES string of the molecule is CCC(C)(NCCSc1ccccc1F)C(=O)O. The number of carboxylic acids is 1. The van der Waals surface area contributed by atoms with Crippen LogP contribution in [-0.4, -0.2) is 28.9 Å².